The normalized spacial score (nSPS) is 11.0. The van der Waals surface area contributed by atoms with Crippen molar-refractivity contribution in [2.24, 2.45) is 5.84 Å². The molecule has 10 heteroatoms. The zero-order valence-electron chi connectivity index (χ0n) is 11.3. The number of nitrogens with zero attached hydrogens (tertiary/aromatic N) is 1. The van der Waals surface area contributed by atoms with E-state index in [9.17, 15) is 23.3 Å². The first-order valence-corrected chi connectivity index (χ1v) is 8.02. The number of amides is 1. The van der Waals surface area contributed by atoms with Crippen molar-refractivity contribution in [1.29, 1.82) is 0 Å². The fourth-order valence-electron chi connectivity index (χ4n) is 1.67. The first-order chi connectivity index (χ1) is 9.76. The van der Waals surface area contributed by atoms with Crippen molar-refractivity contribution in [3.8, 4) is 0 Å². The Labute approximate surface area is 121 Å². The number of nitro benzene ring substituents is 1. The highest BCUT2D eigenvalue weighted by Gasteiger charge is 2.23. The number of nitrogens with two attached hydrogens (primary N) is 1. The molecule has 0 unspecified atom stereocenters. The second-order valence-electron chi connectivity index (χ2n) is 4.34. The van der Waals surface area contributed by atoms with Gasteiger partial charge < -0.3 is 10.7 Å². The highest BCUT2D eigenvalue weighted by molar-refractivity contribution is 7.90. The van der Waals surface area contributed by atoms with E-state index in [1.165, 1.54) is 18.2 Å². The monoisotopic (exact) mass is 316 g/mol. The Kier molecular flexibility index (Phi) is 5.61. The second-order valence-corrected chi connectivity index (χ2v) is 6.60. The standard InChI is InChI=1S/C11H16N4O5S/c1-21(19,20)7-3-6-13-11(16)8-4-2-5-9(14-12)10(8)15(17)18/h2,4-5,14H,3,6-7,12H2,1H3,(H,13,16). The largest absolute Gasteiger partial charge is 0.352 e. The lowest BCUT2D eigenvalue weighted by Gasteiger charge is -2.08. The van der Waals surface area contributed by atoms with Crippen LogP contribution in [0.1, 0.15) is 16.8 Å². The van der Waals surface area contributed by atoms with Crippen LogP contribution in [0.3, 0.4) is 0 Å². The van der Waals surface area contributed by atoms with Crippen molar-refractivity contribution in [2.75, 3.05) is 24.0 Å². The molecule has 1 rings (SSSR count). The topological polar surface area (TPSA) is 144 Å². The van der Waals surface area contributed by atoms with Crippen LogP contribution in [0.2, 0.25) is 0 Å². The first kappa shape index (κ1) is 16.9. The molecule has 0 heterocycles. The molecule has 0 aliphatic heterocycles. The Morgan fingerprint density at radius 3 is 2.62 bits per heavy atom. The van der Waals surface area contributed by atoms with Gasteiger partial charge in [0, 0.05) is 12.8 Å². The smallest absolute Gasteiger partial charge is 0.306 e. The molecule has 0 atom stereocenters. The van der Waals surface area contributed by atoms with E-state index in [-0.39, 0.29) is 30.0 Å². The van der Waals surface area contributed by atoms with Crippen LogP contribution in [-0.2, 0) is 9.84 Å². The number of sulfone groups is 1. The van der Waals surface area contributed by atoms with Crippen molar-refractivity contribution in [3.05, 3.63) is 33.9 Å². The van der Waals surface area contributed by atoms with Crippen molar-refractivity contribution in [3.63, 3.8) is 0 Å². The third-order valence-corrected chi connectivity index (χ3v) is 3.63. The van der Waals surface area contributed by atoms with Gasteiger partial charge in [-0.1, -0.05) is 6.07 Å². The molecule has 0 aliphatic carbocycles. The van der Waals surface area contributed by atoms with Gasteiger partial charge in [-0.05, 0) is 18.6 Å². The highest BCUT2D eigenvalue weighted by Crippen LogP contribution is 2.27. The van der Waals surface area contributed by atoms with Crippen LogP contribution >= 0.6 is 0 Å². The molecule has 0 saturated heterocycles. The molecule has 1 amide bonds. The van der Waals surface area contributed by atoms with Crippen LogP contribution < -0.4 is 16.6 Å². The van der Waals surface area contributed by atoms with E-state index in [2.05, 4.69) is 10.7 Å². The molecule has 116 valence electrons. The average molecular weight is 316 g/mol. The Hall–Kier alpha value is -2.20. The van der Waals surface area contributed by atoms with Gasteiger partial charge in [-0.3, -0.25) is 20.8 Å². The Bertz CT molecular complexity index is 644. The van der Waals surface area contributed by atoms with Crippen molar-refractivity contribution < 1.29 is 18.1 Å². The number of nitrogen functional groups attached to an aromatic ring is 1. The molecule has 21 heavy (non-hydrogen) atoms. The summed E-state index contributed by atoms with van der Waals surface area (Å²) in [6, 6.07) is 4.12. The minimum atomic E-state index is -3.11. The van der Waals surface area contributed by atoms with Gasteiger partial charge in [-0.2, -0.15) is 0 Å². The lowest BCUT2D eigenvalue weighted by Crippen LogP contribution is -2.27. The summed E-state index contributed by atoms with van der Waals surface area (Å²) in [5, 5.41) is 13.5. The summed E-state index contributed by atoms with van der Waals surface area (Å²) in [6.07, 6.45) is 1.32. The highest BCUT2D eigenvalue weighted by atomic mass is 32.2. The van der Waals surface area contributed by atoms with Crippen LogP contribution in [0.15, 0.2) is 18.2 Å². The molecule has 1 aromatic carbocycles. The molecule has 0 fully saturated rings. The minimum absolute atomic E-state index is 0.0174. The Balaban J connectivity index is 2.81. The minimum Gasteiger partial charge on any atom is -0.352 e. The summed E-state index contributed by atoms with van der Waals surface area (Å²) in [4.78, 5) is 22.2. The van der Waals surface area contributed by atoms with Crippen LogP contribution in [0.25, 0.3) is 0 Å². The third-order valence-electron chi connectivity index (χ3n) is 2.60. The number of benzene rings is 1. The number of hydrazine groups is 1. The van der Waals surface area contributed by atoms with Gasteiger partial charge in [0.1, 0.15) is 21.1 Å². The maximum Gasteiger partial charge on any atom is 0.306 e. The Morgan fingerprint density at radius 1 is 1.43 bits per heavy atom. The van der Waals surface area contributed by atoms with E-state index in [4.69, 9.17) is 5.84 Å². The van der Waals surface area contributed by atoms with E-state index in [1.807, 2.05) is 0 Å². The van der Waals surface area contributed by atoms with Gasteiger partial charge in [-0.15, -0.1) is 0 Å². The van der Waals surface area contributed by atoms with Crippen LogP contribution in [0.5, 0.6) is 0 Å². The molecule has 0 saturated carbocycles. The second kappa shape index (κ2) is 6.99. The van der Waals surface area contributed by atoms with Crippen molar-refractivity contribution in [1.82, 2.24) is 5.32 Å². The van der Waals surface area contributed by atoms with Gasteiger partial charge in [-0.25, -0.2) is 8.42 Å². The lowest BCUT2D eigenvalue weighted by molar-refractivity contribution is -0.384. The molecule has 0 aromatic heterocycles. The van der Waals surface area contributed by atoms with Gasteiger partial charge in [0.2, 0.25) is 0 Å². The third kappa shape index (κ3) is 5.00. The molecule has 9 nitrogen and oxygen atoms in total. The molecule has 0 bridgehead atoms. The fourth-order valence-corrected chi connectivity index (χ4v) is 2.34. The molecular formula is C11H16N4O5S. The zero-order chi connectivity index (χ0) is 16.0. The van der Waals surface area contributed by atoms with Crippen molar-refractivity contribution in [2.45, 2.75) is 6.42 Å². The Morgan fingerprint density at radius 2 is 2.10 bits per heavy atom. The summed E-state index contributed by atoms with van der Waals surface area (Å²) in [7, 11) is -3.11. The molecule has 4 N–H and O–H groups in total. The SMILES string of the molecule is CS(=O)(=O)CCCNC(=O)c1cccc(NN)c1[N+](=O)[O-]. The number of para-hydroxylation sites is 1. The summed E-state index contributed by atoms with van der Waals surface area (Å²) < 4.78 is 21.9. The number of nitrogens with one attached hydrogen (secondary N) is 2. The number of nitro groups is 1. The fraction of sp³-hybridized carbons (Fsp3) is 0.364. The lowest BCUT2D eigenvalue weighted by atomic mass is 10.1. The molecular weight excluding hydrogens is 300 g/mol. The number of hydrogen-bond donors (Lipinski definition) is 3. The van der Waals surface area contributed by atoms with E-state index >= 15 is 0 Å². The van der Waals surface area contributed by atoms with E-state index in [0.717, 1.165) is 6.26 Å². The number of hydrogen-bond acceptors (Lipinski definition) is 7. The summed E-state index contributed by atoms with van der Waals surface area (Å²) in [5.74, 6) is 4.44. The van der Waals surface area contributed by atoms with E-state index < -0.39 is 26.4 Å². The average Bonchev–Trinajstić information content (AvgIpc) is 2.41. The maximum absolute atomic E-state index is 11.9. The number of anilines is 1. The summed E-state index contributed by atoms with van der Waals surface area (Å²) in [5.41, 5.74) is 1.60. The van der Waals surface area contributed by atoms with E-state index in [1.54, 1.807) is 0 Å². The number of carbonyl (C=O) groups is 1. The molecule has 0 aliphatic rings. The predicted octanol–water partition coefficient (Wildman–Crippen LogP) is 0.0449. The molecule has 0 spiro atoms. The first-order valence-electron chi connectivity index (χ1n) is 5.96. The summed E-state index contributed by atoms with van der Waals surface area (Å²) >= 11 is 0. The quantitative estimate of drug-likeness (QED) is 0.279. The van der Waals surface area contributed by atoms with Gasteiger partial charge in [0.25, 0.3) is 5.91 Å². The zero-order valence-corrected chi connectivity index (χ0v) is 12.1. The predicted molar refractivity (Wildman–Crippen MR) is 77.6 cm³/mol. The van der Waals surface area contributed by atoms with Crippen molar-refractivity contribution >= 4 is 27.1 Å². The summed E-state index contributed by atoms with van der Waals surface area (Å²) in [6.45, 7) is 0.101. The van der Waals surface area contributed by atoms with Gasteiger partial charge in [0.15, 0.2) is 0 Å². The van der Waals surface area contributed by atoms with Crippen LogP contribution in [-0.4, -0.2) is 37.8 Å². The number of rotatable bonds is 7. The maximum atomic E-state index is 11.9. The number of carbonyl (C=O) groups excluding carboxylic acids is 1. The van der Waals surface area contributed by atoms with Gasteiger partial charge in [0.05, 0.1) is 10.7 Å². The molecule has 1 aromatic rings. The van der Waals surface area contributed by atoms with Crippen LogP contribution in [0, 0.1) is 10.1 Å². The van der Waals surface area contributed by atoms with E-state index in [0.29, 0.717) is 0 Å². The van der Waals surface area contributed by atoms with Gasteiger partial charge >= 0.3 is 5.69 Å². The molecule has 0 radical (unpaired) electrons. The van der Waals surface area contributed by atoms with Crippen LogP contribution in [0.4, 0.5) is 11.4 Å².